The van der Waals surface area contributed by atoms with Crippen molar-refractivity contribution >= 4 is 17.8 Å². The van der Waals surface area contributed by atoms with Crippen LogP contribution in [0.5, 0.6) is 0 Å². The fourth-order valence-electron chi connectivity index (χ4n) is 1.44. The van der Waals surface area contributed by atoms with E-state index in [0.717, 1.165) is 6.20 Å². The maximum absolute atomic E-state index is 12.2. The highest BCUT2D eigenvalue weighted by molar-refractivity contribution is 5.95. The number of aromatic nitrogens is 1. The van der Waals surface area contributed by atoms with Crippen molar-refractivity contribution in [3.05, 3.63) is 29.6 Å². The third-order valence-electron chi connectivity index (χ3n) is 2.72. The van der Waals surface area contributed by atoms with E-state index in [-0.39, 0.29) is 23.7 Å². The van der Waals surface area contributed by atoms with Gasteiger partial charge in [-0.25, -0.2) is 4.79 Å². The zero-order chi connectivity index (χ0) is 15.3. The summed E-state index contributed by atoms with van der Waals surface area (Å²) in [7, 11) is 3.22. The summed E-state index contributed by atoms with van der Waals surface area (Å²) < 4.78 is 0. The molecule has 0 fully saturated rings. The van der Waals surface area contributed by atoms with Crippen LogP contribution < -0.4 is 0 Å². The van der Waals surface area contributed by atoms with E-state index in [1.807, 2.05) is 0 Å². The molecule has 0 radical (unpaired) electrons. The molecule has 7 heteroatoms. The van der Waals surface area contributed by atoms with Crippen LogP contribution in [0.15, 0.2) is 18.3 Å². The maximum atomic E-state index is 12.2. The minimum atomic E-state index is -1.10. The van der Waals surface area contributed by atoms with Gasteiger partial charge in [0.2, 0.25) is 5.91 Å². The van der Waals surface area contributed by atoms with Crippen molar-refractivity contribution < 1.29 is 19.5 Å². The normalized spacial score (nSPS) is 9.95. The highest BCUT2D eigenvalue weighted by Crippen LogP contribution is 2.05. The van der Waals surface area contributed by atoms with Crippen molar-refractivity contribution in [1.82, 2.24) is 14.8 Å². The average molecular weight is 279 g/mol. The standard InChI is InChI=1S/C13H17N3O4/c1-4-16(8-11(17)15(2)3)12(18)10-6-5-9(7-14-10)13(19)20/h5-7H,4,8H2,1-3H3,(H,19,20). The lowest BCUT2D eigenvalue weighted by atomic mass is 10.2. The third-order valence-corrected chi connectivity index (χ3v) is 2.72. The van der Waals surface area contributed by atoms with E-state index in [1.165, 1.54) is 21.9 Å². The van der Waals surface area contributed by atoms with Crippen molar-refractivity contribution in [1.29, 1.82) is 0 Å². The molecule has 108 valence electrons. The second kappa shape index (κ2) is 6.65. The quantitative estimate of drug-likeness (QED) is 0.838. The molecule has 0 aliphatic rings. The van der Waals surface area contributed by atoms with Crippen molar-refractivity contribution in [3.63, 3.8) is 0 Å². The molecule has 0 aliphatic carbocycles. The first-order valence-corrected chi connectivity index (χ1v) is 6.05. The fourth-order valence-corrected chi connectivity index (χ4v) is 1.44. The molecular weight excluding hydrogens is 262 g/mol. The van der Waals surface area contributed by atoms with Crippen LogP contribution in [-0.2, 0) is 4.79 Å². The van der Waals surface area contributed by atoms with Gasteiger partial charge in [-0.2, -0.15) is 0 Å². The van der Waals surface area contributed by atoms with Gasteiger partial charge in [-0.3, -0.25) is 14.6 Å². The zero-order valence-corrected chi connectivity index (χ0v) is 11.7. The first-order valence-electron chi connectivity index (χ1n) is 6.05. The van der Waals surface area contributed by atoms with Gasteiger partial charge in [0.05, 0.1) is 5.56 Å². The molecular formula is C13H17N3O4. The van der Waals surface area contributed by atoms with Crippen LogP contribution in [0.4, 0.5) is 0 Å². The van der Waals surface area contributed by atoms with Crippen LogP contribution in [0.25, 0.3) is 0 Å². The number of pyridine rings is 1. The minimum Gasteiger partial charge on any atom is -0.478 e. The molecule has 0 aromatic carbocycles. The summed E-state index contributed by atoms with van der Waals surface area (Å²) in [5, 5.41) is 8.76. The van der Waals surface area contributed by atoms with Crippen LogP contribution in [0.3, 0.4) is 0 Å². The lowest BCUT2D eigenvalue weighted by molar-refractivity contribution is -0.129. The van der Waals surface area contributed by atoms with E-state index in [0.29, 0.717) is 6.54 Å². The molecule has 0 unspecified atom stereocenters. The zero-order valence-electron chi connectivity index (χ0n) is 11.7. The Morgan fingerprint density at radius 1 is 1.25 bits per heavy atom. The van der Waals surface area contributed by atoms with E-state index in [1.54, 1.807) is 21.0 Å². The van der Waals surface area contributed by atoms with E-state index in [9.17, 15) is 14.4 Å². The molecule has 1 rings (SSSR count). The predicted molar refractivity (Wildman–Crippen MR) is 71.5 cm³/mol. The Morgan fingerprint density at radius 2 is 1.90 bits per heavy atom. The molecule has 0 saturated carbocycles. The first-order chi connectivity index (χ1) is 9.36. The van der Waals surface area contributed by atoms with Crippen LogP contribution in [-0.4, -0.2) is 64.9 Å². The number of carboxylic acid groups (broad SMARTS) is 1. The van der Waals surface area contributed by atoms with Gasteiger partial charge in [0.1, 0.15) is 12.2 Å². The second-order valence-electron chi connectivity index (χ2n) is 4.34. The molecule has 2 amide bonds. The number of rotatable bonds is 5. The Balaban J connectivity index is 2.85. The first kappa shape index (κ1) is 15.6. The van der Waals surface area contributed by atoms with Gasteiger partial charge in [-0.1, -0.05) is 0 Å². The van der Waals surface area contributed by atoms with Crippen LogP contribution in [0, 0.1) is 0 Å². The number of nitrogens with zero attached hydrogens (tertiary/aromatic N) is 3. The second-order valence-corrected chi connectivity index (χ2v) is 4.34. The summed E-state index contributed by atoms with van der Waals surface area (Å²) in [5.74, 6) is -1.70. The van der Waals surface area contributed by atoms with Crippen LogP contribution >= 0.6 is 0 Å². The molecule has 0 aliphatic heterocycles. The van der Waals surface area contributed by atoms with Crippen molar-refractivity contribution in [2.75, 3.05) is 27.2 Å². The van der Waals surface area contributed by atoms with Gasteiger partial charge in [0, 0.05) is 26.8 Å². The molecule has 0 atom stereocenters. The summed E-state index contributed by atoms with van der Waals surface area (Å²) in [6, 6.07) is 2.65. The van der Waals surface area contributed by atoms with E-state index < -0.39 is 11.9 Å². The fraction of sp³-hybridized carbons (Fsp3) is 0.385. The molecule has 7 nitrogen and oxygen atoms in total. The van der Waals surface area contributed by atoms with E-state index >= 15 is 0 Å². The van der Waals surface area contributed by atoms with Crippen molar-refractivity contribution in [2.24, 2.45) is 0 Å². The summed E-state index contributed by atoms with van der Waals surface area (Å²) >= 11 is 0. The van der Waals surface area contributed by atoms with Crippen molar-refractivity contribution in [3.8, 4) is 0 Å². The van der Waals surface area contributed by atoms with Gasteiger partial charge < -0.3 is 14.9 Å². The van der Waals surface area contributed by atoms with Gasteiger partial charge in [-0.15, -0.1) is 0 Å². The number of hydrogen-bond donors (Lipinski definition) is 1. The van der Waals surface area contributed by atoms with Gasteiger partial charge >= 0.3 is 5.97 Å². The van der Waals surface area contributed by atoms with Gasteiger partial charge in [-0.05, 0) is 19.1 Å². The molecule has 20 heavy (non-hydrogen) atoms. The SMILES string of the molecule is CCN(CC(=O)N(C)C)C(=O)c1ccc(C(=O)O)cn1. The smallest absolute Gasteiger partial charge is 0.337 e. The Labute approximate surface area is 116 Å². The Hall–Kier alpha value is -2.44. The number of hydrogen-bond acceptors (Lipinski definition) is 4. The molecule has 1 heterocycles. The molecule has 1 aromatic heterocycles. The minimum absolute atomic E-state index is 0.00830. The highest BCUT2D eigenvalue weighted by Gasteiger charge is 2.19. The summed E-state index contributed by atoms with van der Waals surface area (Å²) in [5.41, 5.74) is 0.123. The summed E-state index contributed by atoms with van der Waals surface area (Å²) in [6.07, 6.45) is 1.12. The Bertz CT molecular complexity index is 511. The molecule has 0 saturated heterocycles. The van der Waals surface area contributed by atoms with Gasteiger partial charge in [0.15, 0.2) is 0 Å². The number of carbonyl (C=O) groups is 3. The van der Waals surface area contributed by atoms with E-state index in [2.05, 4.69) is 4.98 Å². The largest absolute Gasteiger partial charge is 0.478 e. The number of carbonyl (C=O) groups excluding carboxylic acids is 2. The summed E-state index contributed by atoms with van der Waals surface area (Å²) in [6.45, 7) is 2.08. The lowest BCUT2D eigenvalue weighted by Gasteiger charge is -2.21. The molecule has 0 spiro atoms. The average Bonchev–Trinajstić information content (AvgIpc) is 2.43. The van der Waals surface area contributed by atoms with E-state index in [4.69, 9.17) is 5.11 Å². The summed E-state index contributed by atoms with van der Waals surface area (Å²) in [4.78, 5) is 41.1. The van der Waals surface area contributed by atoms with Crippen molar-refractivity contribution in [2.45, 2.75) is 6.92 Å². The topological polar surface area (TPSA) is 90.8 Å². The maximum Gasteiger partial charge on any atom is 0.337 e. The number of amides is 2. The number of carboxylic acids is 1. The lowest BCUT2D eigenvalue weighted by Crippen LogP contribution is -2.40. The Morgan fingerprint density at radius 3 is 2.30 bits per heavy atom. The van der Waals surface area contributed by atoms with Crippen LogP contribution in [0.1, 0.15) is 27.8 Å². The van der Waals surface area contributed by atoms with Crippen LogP contribution in [0.2, 0.25) is 0 Å². The van der Waals surface area contributed by atoms with Gasteiger partial charge in [0.25, 0.3) is 5.91 Å². The molecule has 0 bridgehead atoms. The third kappa shape index (κ3) is 3.78. The predicted octanol–water partition coefficient (Wildman–Crippen LogP) is 0.330. The monoisotopic (exact) mass is 279 g/mol. The number of likely N-dealkylation sites (N-methyl/N-ethyl adjacent to an activating group) is 2. The molecule has 1 N–H and O–H groups in total. The highest BCUT2D eigenvalue weighted by atomic mass is 16.4. The molecule has 1 aromatic rings. The Kier molecular flexibility index (Phi) is 5.19. The number of aromatic carboxylic acids is 1.